The van der Waals surface area contributed by atoms with E-state index < -0.39 is 33.4 Å². The van der Waals surface area contributed by atoms with Crippen molar-refractivity contribution in [2.45, 2.75) is 11.1 Å². The van der Waals surface area contributed by atoms with Crippen molar-refractivity contribution < 1.29 is 26.4 Å². The van der Waals surface area contributed by atoms with Gasteiger partial charge in [0.05, 0.1) is 10.6 Å². The zero-order valence-corrected chi connectivity index (χ0v) is 15.3. The van der Waals surface area contributed by atoms with Crippen LogP contribution in [0.1, 0.15) is 16.1 Å². The first-order valence-corrected chi connectivity index (χ1v) is 8.67. The molecule has 3 aromatic rings. The standard InChI is InChI=1S/C14H8ClF3N4O3S.ClH/c15-10-4-8(14(16,17)18)6-22-7-11(20-12(10)22)13(23)21-26(24,25)9-2-1-3-19-5-9;/h1-7H,(H,21,23);1H. The van der Waals surface area contributed by atoms with E-state index in [1.807, 2.05) is 0 Å². The predicted octanol–water partition coefficient (Wildman–Crippen LogP) is 2.94. The van der Waals surface area contributed by atoms with Gasteiger partial charge in [-0.05, 0) is 18.2 Å². The summed E-state index contributed by atoms with van der Waals surface area (Å²) in [6.07, 6.45) is -0.617. The van der Waals surface area contributed by atoms with Crippen LogP contribution in [-0.2, 0) is 16.2 Å². The van der Waals surface area contributed by atoms with E-state index in [1.165, 1.54) is 18.3 Å². The van der Waals surface area contributed by atoms with Gasteiger partial charge in [0, 0.05) is 24.8 Å². The lowest BCUT2D eigenvalue weighted by Gasteiger charge is -2.07. The Balaban J connectivity index is 0.00000261. The van der Waals surface area contributed by atoms with Crippen molar-refractivity contribution in [2.75, 3.05) is 0 Å². The molecule has 0 atom stereocenters. The van der Waals surface area contributed by atoms with Crippen LogP contribution in [0.3, 0.4) is 0 Å². The van der Waals surface area contributed by atoms with Gasteiger partial charge >= 0.3 is 6.18 Å². The van der Waals surface area contributed by atoms with Gasteiger partial charge < -0.3 is 4.40 Å². The number of imidazole rings is 1. The molecular formula is C14H9Cl2F3N4O3S. The lowest BCUT2D eigenvalue weighted by atomic mass is 10.3. The maximum atomic E-state index is 12.8. The molecule has 13 heteroatoms. The Kier molecular flexibility index (Phi) is 5.68. The molecular weight excluding hydrogens is 432 g/mol. The highest BCUT2D eigenvalue weighted by molar-refractivity contribution is 7.90. The van der Waals surface area contributed by atoms with E-state index in [1.54, 1.807) is 4.72 Å². The minimum absolute atomic E-state index is 0. The SMILES string of the molecule is Cl.O=C(NS(=O)(=O)c1cccnc1)c1cn2cc(C(F)(F)F)cc(Cl)c2n1. The van der Waals surface area contributed by atoms with Crippen molar-refractivity contribution in [3.05, 3.63) is 59.3 Å². The minimum atomic E-state index is -4.64. The topological polar surface area (TPSA) is 93.4 Å². The third-order valence-corrected chi connectivity index (χ3v) is 4.83. The highest BCUT2D eigenvalue weighted by Crippen LogP contribution is 2.32. The second-order valence-corrected chi connectivity index (χ2v) is 7.14. The Hall–Kier alpha value is -2.37. The third kappa shape index (κ3) is 4.31. The zero-order valence-electron chi connectivity index (χ0n) is 12.9. The van der Waals surface area contributed by atoms with Gasteiger partial charge in [0.25, 0.3) is 15.9 Å². The second kappa shape index (κ2) is 7.33. The average Bonchev–Trinajstić information content (AvgIpc) is 2.99. The highest BCUT2D eigenvalue weighted by atomic mass is 35.5. The molecule has 0 radical (unpaired) electrons. The van der Waals surface area contributed by atoms with Crippen molar-refractivity contribution in [1.29, 1.82) is 0 Å². The normalized spacial score (nSPS) is 11.9. The molecule has 0 aromatic carbocycles. The van der Waals surface area contributed by atoms with Crippen molar-refractivity contribution >= 4 is 45.6 Å². The van der Waals surface area contributed by atoms with E-state index in [4.69, 9.17) is 11.6 Å². The smallest absolute Gasteiger partial charge is 0.304 e. The number of carbonyl (C=O) groups excluding carboxylic acids is 1. The summed E-state index contributed by atoms with van der Waals surface area (Å²) in [7, 11) is -4.21. The Morgan fingerprint density at radius 3 is 2.56 bits per heavy atom. The molecule has 0 saturated heterocycles. The van der Waals surface area contributed by atoms with Gasteiger partial charge in [0.2, 0.25) is 0 Å². The highest BCUT2D eigenvalue weighted by Gasteiger charge is 2.32. The molecule has 3 aromatic heterocycles. The monoisotopic (exact) mass is 440 g/mol. The van der Waals surface area contributed by atoms with Crippen molar-refractivity contribution in [1.82, 2.24) is 19.1 Å². The lowest BCUT2D eigenvalue weighted by Crippen LogP contribution is -2.30. The molecule has 0 unspecified atom stereocenters. The molecule has 0 aliphatic heterocycles. The number of hydrogen-bond acceptors (Lipinski definition) is 5. The number of sulfonamides is 1. The molecule has 0 fully saturated rings. The lowest BCUT2D eigenvalue weighted by molar-refractivity contribution is -0.137. The number of aromatic nitrogens is 3. The van der Waals surface area contributed by atoms with Gasteiger partial charge in [0.1, 0.15) is 10.6 Å². The maximum Gasteiger partial charge on any atom is 0.417 e. The number of halogens is 5. The number of rotatable bonds is 3. The summed E-state index contributed by atoms with van der Waals surface area (Å²) in [5.74, 6) is -1.12. The van der Waals surface area contributed by atoms with E-state index in [9.17, 15) is 26.4 Å². The summed E-state index contributed by atoms with van der Waals surface area (Å²) in [6.45, 7) is 0. The third-order valence-electron chi connectivity index (χ3n) is 3.24. The first kappa shape index (κ1) is 20.9. The molecule has 3 rings (SSSR count). The van der Waals surface area contributed by atoms with Crippen molar-refractivity contribution in [3.8, 4) is 0 Å². The van der Waals surface area contributed by atoms with E-state index in [0.717, 1.165) is 16.8 Å². The summed E-state index contributed by atoms with van der Waals surface area (Å²) in [6, 6.07) is 3.25. The fraction of sp³-hybridized carbons (Fsp3) is 0.0714. The summed E-state index contributed by atoms with van der Waals surface area (Å²) < 4.78 is 65.3. The molecule has 1 amide bonds. The first-order chi connectivity index (χ1) is 12.1. The van der Waals surface area contributed by atoms with Crippen molar-refractivity contribution in [2.24, 2.45) is 0 Å². The molecule has 27 heavy (non-hydrogen) atoms. The van der Waals surface area contributed by atoms with Gasteiger partial charge in [-0.2, -0.15) is 13.2 Å². The van der Waals surface area contributed by atoms with Gasteiger partial charge in [-0.3, -0.25) is 9.78 Å². The largest absolute Gasteiger partial charge is 0.417 e. The number of amides is 1. The summed E-state index contributed by atoms with van der Waals surface area (Å²) in [5.41, 5.74) is -1.58. The van der Waals surface area contributed by atoms with Crippen LogP contribution in [0.15, 0.2) is 47.9 Å². The number of hydrogen-bond donors (Lipinski definition) is 1. The molecule has 3 heterocycles. The Labute approximate surface area is 161 Å². The van der Waals surface area contributed by atoms with E-state index in [-0.39, 0.29) is 28.0 Å². The number of nitrogens with one attached hydrogen (secondary N) is 1. The number of pyridine rings is 2. The second-order valence-electron chi connectivity index (χ2n) is 5.05. The number of fused-ring (bicyclic) bond motifs is 1. The Morgan fingerprint density at radius 1 is 1.26 bits per heavy atom. The predicted molar refractivity (Wildman–Crippen MR) is 91.3 cm³/mol. The van der Waals surface area contributed by atoms with E-state index in [2.05, 4.69) is 9.97 Å². The van der Waals surface area contributed by atoms with Crippen LogP contribution in [0.4, 0.5) is 13.2 Å². The fourth-order valence-electron chi connectivity index (χ4n) is 2.06. The van der Waals surface area contributed by atoms with Crippen LogP contribution in [0, 0.1) is 0 Å². The van der Waals surface area contributed by atoms with Crippen LogP contribution < -0.4 is 4.72 Å². The van der Waals surface area contributed by atoms with Crippen molar-refractivity contribution in [3.63, 3.8) is 0 Å². The Morgan fingerprint density at radius 2 is 1.96 bits per heavy atom. The number of nitrogens with zero attached hydrogens (tertiary/aromatic N) is 3. The van der Waals surface area contributed by atoms with Crippen LogP contribution >= 0.6 is 24.0 Å². The quantitative estimate of drug-likeness (QED) is 0.675. The van der Waals surface area contributed by atoms with E-state index >= 15 is 0 Å². The van der Waals surface area contributed by atoms with Gasteiger partial charge in [-0.15, -0.1) is 12.4 Å². The van der Waals surface area contributed by atoms with Crippen LogP contribution in [-0.4, -0.2) is 28.7 Å². The Bertz CT molecular complexity index is 1100. The molecule has 144 valence electrons. The maximum absolute atomic E-state index is 12.8. The molecule has 0 aliphatic rings. The zero-order chi connectivity index (χ0) is 19.1. The van der Waals surface area contributed by atoms with Gasteiger partial charge in [-0.1, -0.05) is 11.6 Å². The molecule has 1 N–H and O–H groups in total. The number of carbonyl (C=O) groups is 1. The first-order valence-electron chi connectivity index (χ1n) is 6.80. The molecule has 0 spiro atoms. The van der Waals surface area contributed by atoms with Crippen LogP contribution in [0.25, 0.3) is 5.65 Å². The van der Waals surface area contributed by atoms with Crippen LogP contribution in [0.5, 0.6) is 0 Å². The fourth-order valence-corrected chi connectivity index (χ4v) is 3.24. The van der Waals surface area contributed by atoms with Gasteiger partial charge in [0.15, 0.2) is 5.65 Å². The molecule has 0 bridgehead atoms. The van der Waals surface area contributed by atoms with Crippen LogP contribution in [0.2, 0.25) is 5.02 Å². The number of alkyl halides is 3. The molecule has 0 aliphatic carbocycles. The summed E-state index contributed by atoms with van der Waals surface area (Å²) in [4.78, 5) is 19.3. The summed E-state index contributed by atoms with van der Waals surface area (Å²) >= 11 is 5.77. The average molecular weight is 441 g/mol. The van der Waals surface area contributed by atoms with E-state index in [0.29, 0.717) is 12.3 Å². The van der Waals surface area contributed by atoms with Gasteiger partial charge in [-0.25, -0.2) is 18.1 Å². The minimum Gasteiger partial charge on any atom is -0.304 e. The summed E-state index contributed by atoms with van der Waals surface area (Å²) in [5, 5.41) is -0.339. The molecule has 0 saturated carbocycles. The molecule has 7 nitrogen and oxygen atoms in total.